The number of nitrogens with one attached hydrogen (secondary N) is 1. The van der Waals surface area contributed by atoms with Gasteiger partial charge in [-0.3, -0.25) is 14.3 Å². The monoisotopic (exact) mass is 517 g/mol. The fourth-order valence-corrected chi connectivity index (χ4v) is 5.47. The molecule has 1 aliphatic carbocycles. The van der Waals surface area contributed by atoms with Crippen molar-refractivity contribution in [3.63, 3.8) is 0 Å². The van der Waals surface area contributed by atoms with Crippen molar-refractivity contribution >= 4 is 27.6 Å². The first-order chi connectivity index (χ1) is 18.0. The quantitative estimate of drug-likeness (QED) is 0.290. The number of ketones is 1. The van der Waals surface area contributed by atoms with Gasteiger partial charge in [0.1, 0.15) is 23.4 Å². The zero-order chi connectivity index (χ0) is 25.8. The molecule has 8 heteroatoms. The van der Waals surface area contributed by atoms with E-state index in [1.807, 2.05) is 36.4 Å². The van der Waals surface area contributed by atoms with Gasteiger partial charge < -0.3 is 14.2 Å². The third kappa shape index (κ3) is 5.65. The molecule has 1 heterocycles. The minimum absolute atomic E-state index is 0.0932. The SMILES string of the molecule is COCCCC(=O)c1ccc(Oc2cccc3c2CC[C@H]3Oc2ccc(C3=CC(=O)NS3=O)cc2)cc1. The van der Waals surface area contributed by atoms with Crippen LogP contribution in [0.4, 0.5) is 0 Å². The van der Waals surface area contributed by atoms with E-state index < -0.39 is 11.0 Å². The first kappa shape index (κ1) is 24.9. The number of carbonyl (C=O) groups is 2. The van der Waals surface area contributed by atoms with Crippen LogP contribution in [0.3, 0.4) is 0 Å². The Hall–Kier alpha value is -3.75. The van der Waals surface area contributed by atoms with Crippen LogP contribution in [0.25, 0.3) is 4.91 Å². The van der Waals surface area contributed by atoms with Crippen molar-refractivity contribution in [3.8, 4) is 17.2 Å². The predicted octanol–water partition coefficient (Wildman–Crippen LogP) is 5.29. The Morgan fingerprint density at radius 1 is 1.03 bits per heavy atom. The molecule has 0 radical (unpaired) electrons. The van der Waals surface area contributed by atoms with Crippen LogP contribution in [0.15, 0.2) is 72.8 Å². The van der Waals surface area contributed by atoms with Crippen molar-refractivity contribution in [2.24, 2.45) is 0 Å². The van der Waals surface area contributed by atoms with Crippen LogP contribution in [0.5, 0.6) is 17.2 Å². The molecule has 3 aromatic carbocycles. The zero-order valence-electron chi connectivity index (χ0n) is 20.4. The zero-order valence-corrected chi connectivity index (χ0v) is 21.2. The topological polar surface area (TPSA) is 90.9 Å². The Morgan fingerprint density at radius 3 is 2.49 bits per heavy atom. The maximum absolute atomic E-state index is 12.3. The van der Waals surface area contributed by atoms with Gasteiger partial charge in [-0.05, 0) is 72.9 Å². The number of ether oxygens (including phenoxy) is 3. The average molecular weight is 518 g/mol. The first-order valence-electron chi connectivity index (χ1n) is 12.1. The van der Waals surface area contributed by atoms with Crippen LogP contribution in [0.2, 0.25) is 0 Å². The van der Waals surface area contributed by atoms with Gasteiger partial charge in [0.25, 0.3) is 5.91 Å². The Labute approximate surface area is 218 Å². The van der Waals surface area contributed by atoms with Gasteiger partial charge in [-0.1, -0.05) is 24.3 Å². The highest BCUT2D eigenvalue weighted by Crippen LogP contribution is 2.41. The van der Waals surface area contributed by atoms with Gasteiger partial charge in [0.05, 0.1) is 4.91 Å². The largest absolute Gasteiger partial charge is 0.486 e. The van der Waals surface area contributed by atoms with Crippen molar-refractivity contribution in [1.29, 1.82) is 0 Å². The number of benzene rings is 3. The molecule has 0 saturated carbocycles. The number of hydrogen-bond acceptors (Lipinski definition) is 6. The molecule has 0 fully saturated rings. The number of Topliss-reactive ketones (excluding diaryl/α,β-unsaturated/α-hetero) is 1. The second-order valence-corrected chi connectivity index (χ2v) is 10.1. The maximum Gasteiger partial charge on any atom is 0.257 e. The molecule has 0 spiro atoms. The minimum atomic E-state index is -1.52. The first-order valence-corrected chi connectivity index (χ1v) is 13.3. The van der Waals surface area contributed by atoms with Crippen molar-refractivity contribution < 1.29 is 28.0 Å². The molecule has 0 bridgehead atoms. The third-order valence-electron chi connectivity index (χ3n) is 6.40. The van der Waals surface area contributed by atoms with Crippen LogP contribution in [-0.4, -0.2) is 29.6 Å². The summed E-state index contributed by atoms with van der Waals surface area (Å²) in [6.45, 7) is 0.572. The molecule has 0 aromatic heterocycles. The number of methoxy groups -OCH3 is 1. The van der Waals surface area contributed by atoms with E-state index in [4.69, 9.17) is 14.2 Å². The van der Waals surface area contributed by atoms with E-state index in [0.717, 1.165) is 29.7 Å². The summed E-state index contributed by atoms with van der Waals surface area (Å²) in [5, 5.41) is 0. The maximum atomic E-state index is 12.3. The standard InChI is InChI=1S/C29H27NO6S/c1-34-17-3-5-25(31)19-7-11-21(12-8-19)35-26-6-2-4-23-24(26)15-16-27(23)36-22-13-9-20(10-14-22)28-18-29(32)30-37(28)33/h2,4,6-14,18,27H,3,5,15-17H2,1H3,(H,30,32)/t27-,37?/m1/s1. The molecule has 0 saturated heterocycles. The van der Waals surface area contributed by atoms with E-state index in [-0.39, 0.29) is 17.8 Å². The van der Waals surface area contributed by atoms with E-state index in [1.165, 1.54) is 6.08 Å². The van der Waals surface area contributed by atoms with Crippen LogP contribution in [-0.2, 0) is 26.9 Å². The molecule has 7 nitrogen and oxygen atoms in total. The number of hydrogen-bond donors (Lipinski definition) is 1. The summed E-state index contributed by atoms with van der Waals surface area (Å²) in [7, 11) is 0.109. The van der Waals surface area contributed by atoms with Crippen LogP contribution in [0.1, 0.15) is 52.4 Å². The van der Waals surface area contributed by atoms with E-state index in [9.17, 15) is 13.8 Å². The molecule has 3 aromatic rings. The summed E-state index contributed by atoms with van der Waals surface area (Å²) in [6.07, 6.45) is 4.05. The van der Waals surface area contributed by atoms with Crippen LogP contribution < -0.4 is 14.2 Å². The van der Waals surface area contributed by atoms with Gasteiger partial charge in [-0.2, -0.15) is 0 Å². The Morgan fingerprint density at radius 2 is 1.78 bits per heavy atom. The molecular weight excluding hydrogens is 490 g/mol. The molecule has 1 amide bonds. The van der Waals surface area contributed by atoms with Crippen molar-refractivity contribution in [2.75, 3.05) is 13.7 Å². The number of rotatable bonds is 10. The minimum Gasteiger partial charge on any atom is -0.486 e. The van der Waals surface area contributed by atoms with Crippen molar-refractivity contribution in [3.05, 3.63) is 95.1 Å². The number of amides is 1. The summed E-state index contributed by atoms with van der Waals surface area (Å²) in [5.41, 5.74) is 3.58. The Balaban J connectivity index is 1.25. The van der Waals surface area contributed by atoms with Gasteiger partial charge in [-0.15, -0.1) is 0 Å². The van der Waals surface area contributed by atoms with Gasteiger partial charge in [0.15, 0.2) is 16.8 Å². The molecule has 1 aliphatic heterocycles. The lowest BCUT2D eigenvalue weighted by Gasteiger charge is -2.16. The molecule has 2 aliphatic rings. The number of carbonyl (C=O) groups excluding carboxylic acids is 2. The van der Waals surface area contributed by atoms with Gasteiger partial charge in [0.2, 0.25) is 0 Å². The third-order valence-corrected chi connectivity index (χ3v) is 7.54. The van der Waals surface area contributed by atoms with Gasteiger partial charge in [-0.25, -0.2) is 4.21 Å². The van der Waals surface area contributed by atoms with Crippen molar-refractivity contribution in [2.45, 2.75) is 31.8 Å². The number of fused-ring (bicyclic) bond motifs is 1. The molecule has 1 unspecified atom stereocenters. The highest BCUT2D eigenvalue weighted by Gasteiger charge is 2.27. The fraction of sp³-hybridized carbons (Fsp3) is 0.241. The second kappa shape index (κ2) is 11.1. The van der Waals surface area contributed by atoms with Gasteiger partial charge >= 0.3 is 0 Å². The van der Waals surface area contributed by atoms with E-state index >= 15 is 0 Å². The van der Waals surface area contributed by atoms with E-state index in [1.54, 1.807) is 31.4 Å². The fourth-order valence-electron chi connectivity index (χ4n) is 4.56. The summed E-state index contributed by atoms with van der Waals surface area (Å²) in [5.74, 6) is 1.90. The molecule has 37 heavy (non-hydrogen) atoms. The van der Waals surface area contributed by atoms with E-state index in [2.05, 4.69) is 10.8 Å². The normalized spacial score (nSPS) is 18.2. The smallest absolute Gasteiger partial charge is 0.257 e. The Kier molecular flexibility index (Phi) is 7.48. The lowest BCUT2D eigenvalue weighted by Crippen LogP contribution is -2.16. The predicted molar refractivity (Wildman–Crippen MR) is 141 cm³/mol. The van der Waals surface area contributed by atoms with Crippen LogP contribution >= 0.6 is 0 Å². The van der Waals surface area contributed by atoms with Gasteiger partial charge in [0, 0.05) is 37.3 Å². The highest BCUT2D eigenvalue weighted by molar-refractivity contribution is 7.93. The molecule has 1 N–H and O–H groups in total. The summed E-state index contributed by atoms with van der Waals surface area (Å²) >= 11 is 0. The summed E-state index contributed by atoms with van der Waals surface area (Å²) in [4.78, 5) is 24.2. The molecular formula is C29H27NO6S. The lowest BCUT2D eigenvalue weighted by molar-refractivity contribution is -0.114. The molecule has 5 rings (SSSR count). The molecule has 190 valence electrons. The molecule has 2 atom stereocenters. The highest BCUT2D eigenvalue weighted by atomic mass is 32.2. The lowest BCUT2D eigenvalue weighted by atomic mass is 10.1. The second-order valence-electron chi connectivity index (χ2n) is 8.88. The summed E-state index contributed by atoms with van der Waals surface area (Å²) < 4.78 is 31.8. The average Bonchev–Trinajstić information content (AvgIpc) is 3.47. The van der Waals surface area contributed by atoms with Crippen LogP contribution in [0, 0.1) is 0 Å². The van der Waals surface area contributed by atoms with E-state index in [0.29, 0.717) is 47.0 Å². The Bertz CT molecular complexity index is 1360. The summed E-state index contributed by atoms with van der Waals surface area (Å²) in [6, 6.07) is 20.5. The van der Waals surface area contributed by atoms with Crippen molar-refractivity contribution in [1.82, 2.24) is 4.72 Å².